The van der Waals surface area contributed by atoms with Gasteiger partial charge in [-0.15, -0.1) is 0 Å². The zero-order valence-corrected chi connectivity index (χ0v) is 16.0. The van der Waals surface area contributed by atoms with Gasteiger partial charge in [-0.05, 0) is 38.9 Å². The van der Waals surface area contributed by atoms with Crippen molar-refractivity contribution in [3.8, 4) is 0 Å². The summed E-state index contributed by atoms with van der Waals surface area (Å²) in [5, 5.41) is 6.57. The Bertz CT molecular complexity index is 570. The van der Waals surface area contributed by atoms with Gasteiger partial charge < -0.3 is 15.5 Å². The van der Waals surface area contributed by atoms with Crippen LogP contribution < -0.4 is 15.5 Å². The molecule has 1 aromatic heterocycles. The van der Waals surface area contributed by atoms with Crippen LogP contribution in [0.15, 0.2) is 29.4 Å². The summed E-state index contributed by atoms with van der Waals surface area (Å²) in [5.74, 6) is 1.65. The fourth-order valence-corrected chi connectivity index (χ4v) is 3.02. The average molecular weight is 386 g/mol. The van der Waals surface area contributed by atoms with Gasteiger partial charge >= 0.3 is 6.18 Å². The lowest BCUT2D eigenvalue weighted by Crippen LogP contribution is -2.49. The molecule has 0 unspecified atom stereocenters. The fourth-order valence-electron chi connectivity index (χ4n) is 3.02. The van der Waals surface area contributed by atoms with E-state index in [0.717, 1.165) is 31.7 Å². The van der Waals surface area contributed by atoms with Crippen LogP contribution in [0.25, 0.3) is 0 Å². The van der Waals surface area contributed by atoms with Crippen LogP contribution in [0.4, 0.5) is 19.0 Å². The zero-order chi connectivity index (χ0) is 19.7. The number of aliphatic imine (C=N–C) groups is 1. The maximum atomic E-state index is 12.4. The van der Waals surface area contributed by atoms with Crippen LogP contribution in [-0.4, -0.2) is 74.4 Å². The summed E-state index contributed by atoms with van der Waals surface area (Å²) >= 11 is 0. The van der Waals surface area contributed by atoms with Crippen LogP contribution in [0.1, 0.15) is 19.8 Å². The highest BCUT2D eigenvalue weighted by molar-refractivity contribution is 5.80. The predicted octanol–water partition coefficient (Wildman–Crippen LogP) is 2.10. The van der Waals surface area contributed by atoms with Gasteiger partial charge in [-0.2, -0.15) is 13.2 Å². The number of hydrogen-bond donors (Lipinski definition) is 2. The minimum absolute atomic E-state index is 0.258. The Labute approximate surface area is 158 Å². The van der Waals surface area contributed by atoms with Gasteiger partial charge in [0, 0.05) is 38.4 Å². The van der Waals surface area contributed by atoms with Crippen LogP contribution in [0.3, 0.4) is 0 Å². The second-order valence-electron chi connectivity index (χ2n) is 6.71. The number of rotatable bonds is 7. The summed E-state index contributed by atoms with van der Waals surface area (Å²) in [6.45, 7) is 4.14. The number of pyridine rings is 1. The lowest BCUT2D eigenvalue weighted by atomic mass is 10.1. The minimum Gasteiger partial charge on any atom is -0.357 e. The highest BCUT2D eigenvalue weighted by Gasteiger charge is 2.28. The van der Waals surface area contributed by atoms with Crippen molar-refractivity contribution in [2.75, 3.05) is 51.2 Å². The number of aromatic nitrogens is 1. The Morgan fingerprint density at radius 1 is 1.33 bits per heavy atom. The van der Waals surface area contributed by atoms with Gasteiger partial charge in [0.1, 0.15) is 5.82 Å². The third-order valence-electron chi connectivity index (χ3n) is 4.35. The number of guanidine groups is 1. The highest BCUT2D eigenvalue weighted by atomic mass is 19.4. The van der Waals surface area contributed by atoms with Gasteiger partial charge in [-0.25, -0.2) is 4.98 Å². The van der Waals surface area contributed by atoms with E-state index < -0.39 is 12.7 Å². The normalized spacial score (nSPS) is 16.7. The van der Waals surface area contributed by atoms with Gasteiger partial charge in [-0.1, -0.05) is 6.07 Å². The van der Waals surface area contributed by atoms with Crippen LogP contribution in [0, 0.1) is 0 Å². The molecular weight excluding hydrogens is 357 g/mol. The molecule has 152 valence electrons. The lowest BCUT2D eigenvalue weighted by molar-refractivity contribution is -0.142. The smallest absolute Gasteiger partial charge is 0.357 e. The first-order chi connectivity index (χ1) is 12.9. The number of nitrogens with zero attached hydrogens (tertiary/aromatic N) is 4. The van der Waals surface area contributed by atoms with E-state index in [2.05, 4.69) is 25.5 Å². The van der Waals surface area contributed by atoms with E-state index in [1.165, 1.54) is 11.9 Å². The molecule has 6 nitrogen and oxygen atoms in total. The molecule has 9 heteroatoms. The topological polar surface area (TPSA) is 55.8 Å². The van der Waals surface area contributed by atoms with E-state index in [9.17, 15) is 13.2 Å². The molecule has 1 aromatic rings. The molecule has 0 amide bonds. The first-order valence-corrected chi connectivity index (χ1v) is 9.33. The van der Waals surface area contributed by atoms with Gasteiger partial charge in [0.2, 0.25) is 0 Å². The Kier molecular flexibility index (Phi) is 8.15. The Morgan fingerprint density at radius 3 is 2.67 bits per heavy atom. The number of halogens is 3. The van der Waals surface area contributed by atoms with E-state index in [4.69, 9.17) is 0 Å². The van der Waals surface area contributed by atoms with Crippen LogP contribution in [0.5, 0.6) is 0 Å². The Hall–Kier alpha value is -2.03. The number of hydrogen-bond acceptors (Lipinski definition) is 4. The summed E-state index contributed by atoms with van der Waals surface area (Å²) in [4.78, 5) is 12.3. The molecule has 0 bridgehead atoms. The molecule has 0 aliphatic carbocycles. The molecule has 2 heterocycles. The second-order valence-corrected chi connectivity index (χ2v) is 6.71. The first kappa shape index (κ1) is 21.3. The highest BCUT2D eigenvalue weighted by Crippen LogP contribution is 2.17. The Balaban J connectivity index is 1.78. The van der Waals surface area contributed by atoms with E-state index in [1.54, 1.807) is 6.20 Å². The second kappa shape index (κ2) is 10.3. The van der Waals surface area contributed by atoms with E-state index in [-0.39, 0.29) is 12.6 Å². The summed E-state index contributed by atoms with van der Waals surface area (Å²) in [6, 6.07) is 6.19. The minimum atomic E-state index is -4.18. The molecule has 1 aliphatic heterocycles. The third kappa shape index (κ3) is 8.03. The number of nitrogens with one attached hydrogen (secondary N) is 2. The Morgan fingerprint density at radius 2 is 2.07 bits per heavy atom. The number of anilines is 1. The molecule has 27 heavy (non-hydrogen) atoms. The van der Waals surface area contributed by atoms with Crippen molar-refractivity contribution in [1.29, 1.82) is 0 Å². The van der Waals surface area contributed by atoms with Crippen molar-refractivity contribution in [3.63, 3.8) is 0 Å². The van der Waals surface area contributed by atoms with Gasteiger partial charge in [0.15, 0.2) is 5.96 Å². The summed E-state index contributed by atoms with van der Waals surface area (Å²) in [6.07, 6.45) is -0.474. The first-order valence-electron chi connectivity index (χ1n) is 9.33. The van der Waals surface area contributed by atoms with Crippen LogP contribution in [-0.2, 0) is 0 Å². The predicted molar refractivity (Wildman–Crippen MR) is 102 cm³/mol. The van der Waals surface area contributed by atoms with Gasteiger partial charge in [0.05, 0.1) is 13.1 Å². The molecule has 0 radical (unpaired) electrons. The van der Waals surface area contributed by atoms with Crippen molar-refractivity contribution in [3.05, 3.63) is 24.4 Å². The summed E-state index contributed by atoms with van der Waals surface area (Å²) in [5.41, 5.74) is 0. The van der Waals surface area contributed by atoms with Crippen molar-refractivity contribution in [2.45, 2.75) is 32.0 Å². The van der Waals surface area contributed by atoms with Gasteiger partial charge in [0.25, 0.3) is 0 Å². The standard InChI is InChI=1S/C18H29F3N6/c1-3-22-17(24-10-13-26(2)14-18(19,20)21)25-15-7-11-27(12-8-15)16-6-4-5-9-23-16/h4-6,9,15H,3,7-8,10-14H2,1-2H3,(H2,22,24,25). The zero-order valence-electron chi connectivity index (χ0n) is 16.0. The molecule has 0 atom stereocenters. The van der Waals surface area contributed by atoms with Crippen LogP contribution in [0.2, 0.25) is 0 Å². The molecule has 2 N–H and O–H groups in total. The van der Waals surface area contributed by atoms with Crippen molar-refractivity contribution >= 4 is 11.8 Å². The SMILES string of the molecule is CCNC(=NCCN(C)CC(F)(F)F)NC1CCN(c2ccccn2)CC1. The monoisotopic (exact) mass is 386 g/mol. The number of alkyl halides is 3. The van der Waals surface area contributed by atoms with Gasteiger partial charge in [-0.3, -0.25) is 9.89 Å². The maximum absolute atomic E-state index is 12.4. The van der Waals surface area contributed by atoms with E-state index >= 15 is 0 Å². The molecule has 1 fully saturated rings. The van der Waals surface area contributed by atoms with Crippen molar-refractivity contribution in [2.24, 2.45) is 4.99 Å². The summed E-state index contributed by atoms with van der Waals surface area (Å²) in [7, 11) is 1.46. The van der Waals surface area contributed by atoms with Crippen molar-refractivity contribution in [1.82, 2.24) is 20.5 Å². The quantitative estimate of drug-likeness (QED) is 0.555. The lowest BCUT2D eigenvalue weighted by Gasteiger charge is -2.33. The molecular formula is C18H29F3N6. The third-order valence-corrected chi connectivity index (χ3v) is 4.35. The van der Waals surface area contributed by atoms with Crippen LogP contribution >= 0.6 is 0 Å². The van der Waals surface area contributed by atoms with E-state index in [0.29, 0.717) is 19.0 Å². The number of likely N-dealkylation sites (N-methyl/N-ethyl adjacent to an activating group) is 1. The summed E-state index contributed by atoms with van der Waals surface area (Å²) < 4.78 is 37.1. The molecule has 0 spiro atoms. The maximum Gasteiger partial charge on any atom is 0.401 e. The molecule has 2 rings (SSSR count). The molecule has 0 saturated carbocycles. The largest absolute Gasteiger partial charge is 0.401 e. The van der Waals surface area contributed by atoms with E-state index in [1.807, 2.05) is 25.1 Å². The van der Waals surface area contributed by atoms with Crippen molar-refractivity contribution < 1.29 is 13.2 Å². The number of piperidine rings is 1. The molecule has 0 aromatic carbocycles. The molecule has 1 saturated heterocycles. The fraction of sp³-hybridized carbons (Fsp3) is 0.667. The molecule has 1 aliphatic rings. The average Bonchev–Trinajstić information content (AvgIpc) is 2.62.